The molecule has 2 aliphatic rings. The van der Waals surface area contributed by atoms with Crippen LogP contribution in [0.25, 0.3) is 0 Å². The van der Waals surface area contributed by atoms with E-state index in [4.69, 9.17) is 14.2 Å². The average molecular weight is 402 g/mol. The first-order valence-corrected chi connectivity index (χ1v) is 9.41. The van der Waals surface area contributed by atoms with Crippen molar-refractivity contribution >= 4 is 23.0 Å². The summed E-state index contributed by atoms with van der Waals surface area (Å²) in [5.41, 5.74) is 0.402. The number of hydrogen-bond donors (Lipinski definition) is 2. The smallest absolute Gasteiger partial charge is 0.353 e. The Kier molecular flexibility index (Phi) is 5.86. The number of aromatic nitrogens is 2. The molecule has 0 saturated carbocycles. The molecule has 4 rings (SSSR count). The van der Waals surface area contributed by atoms with Crippen LogP contribution in [0.3, 0.4) is 0 Å². The van der Waals surface area contributed by atoms with E-state index in [0.29, 0.717) is 50.2 Å². The topological polar surface area (TPSA) is 124 Å². The minimum absolute atomic E-state index is 0.107. The maximum Gasteiger partial charge on any atom is 0.353 e. The van der Waals surface area contributed by atoms with Gasteiger partial charge in [-0.25, -0.2) is 9.97 Å². The predicted octanol–water partition coefficient (Wildman–Crippen LogP) is 1.64. The first-order chi connectivity index (χ1) is 14.2. The van der Waals surface area contributed by atoms with Crippen LogP contribution >= 0.6 is 0 Å². The van der Waals surface area contributed by atoms with E-state index in [1.54, 1.807) is 18.2 Å². The molecule has 0 spiro atoms. The maximum atomic E-state index is 11.7. The lowest BCUT2D eigenvalue weighted by molar-refractivity contribution is -0.383. The fourth-order valence-corrected chi connectivity index (χ4v) is 3.19. The van der Waals surface area contributed by atoms with Crippen LogP contribution in [0.2, 0.25) is 0 Å². The summed E-state index contributed by atoms with van der Waals surface area (Å²) in [6, 6.07) is 5.24. The SMILES string of the molecule is O=[N+]([O-])c1c(NCCN2CCOCC2)ncnc1Nc1ccc2c(c1)OCCO2. The number of hydrogen-bond acceptors (Lipinski definition) is 10. The zero-order chi connectivity index (χ0) is 20.1. The van der Waals surface area contributed by atoms with Gasteiger partial charge in [0.2, 0.25) is 11.6 Å². The summed E-state index contributed by atoms with van der Waals surface area (Å²) in [7, 11) is 0. The second kappa shape index (κ2) is 8.88. The highest BCUT2D eigenvalue weighted by molar-refractivity contribution is 5.74. The summed E-state index contributed by atoms with van der Waals surface area (Å²) in [5.74, 6) is 1.51. The van der Waals surface area contributed by atoms with Gasteiger partial charge in [0.25, 0.3) is 0 Å². The van der Waals surface area contributed by atoms with Crippen LogP contribution in [0.4, 0.5) is 23.0 Å². The Morgan fingerprint density at radius 3 is 2.62 bits per heavy atom. The molecule has 2 N–H and O–H groups in total. The zero-order valence-corrected chi connectivity index (χ0v) is 15.8. The van der Waals surface area contributed by atoms with Gasteiger partial charge in [0.1, 0.15) is 19.5 Å². The Morgan fingerprint density at radius 2 is 1.83 bits per heavy atom. The van der Waals surface area contributed by atoms with Crippen molar-refractivity contribution in [1.82, 2.24) is 14.9 Å². The van der Waals surface area contributed by atoms with E-state index in [2.05, 4.69) is 25.5 Å². The molecule has 3 heterocycles. The molecule has 11 nitrogen and oxygen atoms in total. The third kappa shape index (κ3) is 4.63. The van der Waals surface area contributed by atoms with Gasteiger partial charge in [-0.05, 0) is 12.1 Å². The van der Waals surface area contributed by atoms with Gasteiger partial charge in [0, 0.05) is 37.9 Å². The number of ether oxygens (including phenoxy) is 3. The molecule has 29 heavy (non-hydrogen) atoms. The van der Waals surface area contributed by atoms with Crippen molar-refractivity contribution in [3.8, 4) is 11.5 Å². The van der Waals surface area contributed by atoms with Gasteiger partial charge in [0.15, 0.2) is 11.5 Å². The largest absolute Gasteiger partial charge is 0.486 e. The van der Waals surface area contributed by atoms with Crippen molar-refractivity contribution in [3.63, 3.8) is 0 Å². The summed E-state index contributed by atoms with van der Waals surface area (Å²) < 4.78 is 16.4. The maximum absolute atomic E-state index is 11.7. The fraction of sp³-hybridized carbons (Fsp3) is 0.444. The molecule has 0 unspecified atom stereocenters. The summed E-state index contributed by atoms with van der Waals surface area (Å²) >= 11 is 0. The molecule has 1 aromatic carbocycles. The highest BCUT2D eigenvalue weighted by Crippen LogP contribution is 2.36. The van der Waals surface area contributed by atoms with E-state index in [9.17, 15) is 10.1 Å². The molecule has 2 aromatic rings. The first-order valence-electron chi connectivity index (χ1n) is 9.41. The normalized spacial score (nSPS) is 16.3. The van der Waals surface area contributed by atoms with Crippen LogP contribution in [-0.2, 0) is 4.74 Å². The van der Waals surface area contributed by atoms with Crippen LogP contribution in [0.5, 0.6) is 11.5 Å². The Bertz CT molecular complexity index is 874. The van der Waals surface area contributed by atoms with E-state index in [-0.39, 0.29) is 17.3 Å². The molecule has 0 radical (unpaired) electrons. The van der Waals surface area contributed by atoms with Crippen molar-refractivity contribution in [2.75, 3.05) is 63.2 Å². The lowest BCUT2D eigenvalue weighted by Crippen LogP contribution is -2.39. The van der Waals surface area contributed by atoms with E-state index in [1.165, 1.54) is 6.33 Å². The molecule has 11 heteroatoms. The highest BCUT2D eigenvalue weighted by atomic mass is 16.6. The summed E-state index contributed by atoms with van der Waals surface area (Å²) in [6.07, 6.45) is 1.30. The summed E-state index contributed by atoms with van der Waals surface area (Å²) in [5, 5.41) is 17.8. The number of nitro groups is 1. The monoisotopic (exact) mass is 402 g/mol. The van der Waals surface area contributed by atoms with Gasteiger partial charge in [0.05, 0.1) is 18.1 Å². The Hall–Kier alpha value is -3.18. The minimum atomic E-state index is -0.489. The third-order valence-electron chi connectivity index (χ3n) is 4.63. The van der Waals surface area contributed by atoms with Gasteiger partial charge < -0.3 is 24.8 Å². The number of rotatable bonds is 7. The number of morpholine rings is 1. The van der Waals surface area contributed by atoms with E-state index in [1.807, 2.05) is 0 Å². The second-order valence-electron chi connectivity index (χ2n) is 6.54. The molecule has 0 bridgehead atoms. The van der Waals surface area contributed by atoms with Crippen molar-refractivity contribution < 1.29 is 19.1 Å². The number of nitrogens with one attached hydrogen (secondary N) is 2. The van der Waals surface area contributed by atoms with Crippen LogP contribution in [0.15, 0.2) is 24.5 Å². The molecule has 154 valence electrons. The van der Waals surface area contributed by atoms with Crippen LogP contribution in [0, 0.1) is 10.1 Å². The van der Waals surface area contributed by atoms with Crippen LogP contribution in [-0.4, -0.2) is 72.4 Å². The van der Waals surface area contributed by atoms with Crippen molar-refractivity contribution in [2.45, 2.75) is 0 Å². The summed E-state index contributed by atoms with van der Waals surface area (Å²) in [6.45, 7) is 5.35. The Balaban J connectivity index is 1.48. The van der Waals surface area contributed by atoms with Crippen LogP contribution < -0.4 is 20.1 Å². The second-order valence-corrected chi connectivity index (χ2v) is 6.54. The number of nitrogens with zero attached hydrogens (tertiary/aromatic N) is 4. The van der Waals surface area contributed by atoms with Gasteiger partial charge in [-0.3, -0.25) is 15.0 Å². The lowest BCUT2D eigenvalue weighted by atomic mass is 10.2. The van der Waals surface area contributed by atoms with Crippen molar-refractivity contribution in [2.24, 2.45) is 0 Å². The van der Waals surface area contributed by atoms with Crippen LogP contribution in [0.1, 0.15) is 0 Å². The first kappa shape index (κ1) is 19.2. The van der Waals surface area contributed by atoms with E-state index >= 15 is 0 Å². The number of fused-ring (bicyclic) bond motifs is 1. The van der Waals surface area contributed by atoms with Gasteiger partial charge in [-0.15, -0.1) is 0 Å². The highest BCUT2D eigenvalue weighted by Gasteiger charge is 2.24. The fourth-order valence-electron chi connectivity index (χ4n) is 3.19. The van der Waals surface area contributed by atoms with Crippen molar-refractivity contribution in [1.29, 1.82) is 0 Å². The molecule has 0 amide bonds. The Labute approximate surface area is 167 Å². The molecular formula is C18H22N6O5. The van der Waals surface area contributed by atoms with E-state index < -0.39 is 4.92 Å². The minimum Gasteiger partial charge on any atom is -0.486 e. The molecule has 1 aromatic heterocycles. The molecule has 0 atom stereocenters. The predicted molar refractivity (Wildman–Crippen MR) is 105 cm³/mol. The standard InChI is InChI=1S/C18H22N6O5/c25-24(26)16-17(19-3-4-23-5-7-27-8-6-23)20-12-21-18(16)22-13-1-2-14-15(11-13)29-10-9-28-14/h1-2,11-12H,3-10H2,(H2,19,20,21,22). The lowest BCUT2D eigenvalue weighted by Gasteiger charge is -2.26. The van der Waals surface area contributed by atoms with Gasteiger partial charge in [-0.1, -0.05) is 0 Å². The van der Waals surface area contributed by atoms with Gasteiger partial charge >= 0.3 is 5.69 Å². The quantitative estimate of drug-likeness (QED) is 0.522. The molecule has 1 saturated heterocycles. The average Bonchev–Trinajstić information content (AvgIpc) is 2.74. The molecule has 2 aliphatic heterocycles. The number of anilines is 3. The molecule has 1 fully saturated rings. The van der Waals surface area contributed by atoms with Gasteiger partial charge in [-0.2, -0.15) is 0 Å². The summed E-state index contributed by atoms with van der Waals surface area (Å²) in [4.78, 5) is 21.6. The number of benzene rings is 1. The zero-order valence-electron chi connectivity index (χ0n) is 15.8. The molecule has 0 aliphatic carbocycles. The third-order valence-corrected chi connectivity index (χ3v) is 4.63. The Morgan fingerprint density at radius 1 is 1.07 bits per heavy atom. The van der Waals surface area contributed by atoms with Crippen molar-refractivity contribution in [3.05, 3.63) is 34.6 Å². The van der Waals surface area contributed by atoms with E-state index in [0.717, 1.165) is 19.6 Å². The molecular weight excluding hydrogens is 380 g/mol.